The first-order valence-electron chi connectivity index (χ1n) is 6.99. The Labute approximate surface area is 160 Å². The van der Waals surface area contributed by atoms with Crippen LogP contribution in [0, 0.1) is 6.92 Å². The first-order valence-corrected chi connectivity index (χ1v) is 8.54. The van der Waals surface area contributed by atoms with Crippen molar-refractivity contribution in [2.75, 3.05) is 0 Å². The molecule has 134 valence electrons. The molecule has 2 aromatic carbocycles. The molecule has 0 fully saturated rings. The average molecular weight is 456 g/mol. The average Bonchev–Trinajstić information content (AvgIpc) is 2.47. The van der Waals surface area contributed by atoms with E-state index in [0.29, 0.717) is 4.47 Å². The van der Waals surface area contributed by atoms with Crippen LogP contribution in [0.4, 0.5) is 13.2 Å². The number of halogens is 6. The second-order valence-corrected chi connectivity index (χ2v) is 7.31. The van der Waals surface area contributed by atoms with Gasteiger partial charge in [0.1, 0.15) is 0 Å². The quantitative estimate of drug-likeness (QED) is 0.566. The molecule has 0 aliphatic heterocycles. The van der Waals surface area contributed by atoms with Crippen molar-refractivity contribution >= 4 is 44.9 Å². The summed E-state index contributed by atoms with van der Waals surface area (Å²) in [6, 6.07) is 7.55. The molecule has 0 bridgehead atoms. The van der Waals surface area contributed by atoms with E-state index in [2.05, 4.69) is 15.9 Å². The third-order valence-corrected chi connectivity index (χ3v) is 5.01. The molecule has 1 unspecified atom stereocenters. The van der Waals surface area contributed by atoms with E-state index in [1.165, 1.54) is 18.2 Å². The molecule has 0 spiro atoms. The number of benzene rings is 2. The zero-order valence-electron chi connectivity index (χ0n) is 12.8. The second-order valence-electron chi connectivity index (χ2n) is 5.58. The fourth-order valence-electron chi connectivity index (χ4n) is 2.26. The molecule has 0 saturated carbocycles. The molecule has 0 aliphatic rings. The predicted molar refractivity (Wildman–Crippen MR) is 94.2 cm³/mol. The second kappa shape index (κ2) is 7.27. The van der Waals surface area contributed by atoms with Gasteiger partial charge in [-0.15, -0.1) is 0 Å². The normalized spacial score (nSPS) is 14.2. The van der Waals surface area contributed by atoms with Gasteiger partial charge in [0.05, 0.1) is 6.42 Å². The standard InChI is InChI=1S/C17H12BrCl2F3O2/c1-9-2-3-10(4-14(9)18)15(24)8-16(25,17(21,22)23)11-5-12(19)7-13(20)6-11/h2-7,25H,8H2,1H3. The monoisotopic (exact) mass is 454 g/mol. The number of rotatable bonds is 4. The molecule has 0 saturated heterocycles. The van der Waals surface area contributed by atoms with Gasteiger partial charge in [-0.25, -0.2) is 0 Å². The SMILES string of the molecule is Cc1ccc(C(=O)CC(O)(c2cc(Cl)cc(Cl)c2)C(F)(F)F)cc1Br. The molecule has 0 aliphatic carbocycles. The van der Waals surface area contributed by atoms with Gasteiger partial charge in [0, 0.05) is 20.1 Å². The minimum Gasteiger partial charge on any atom is -0.376 e. The summed E-state index contributed by atoms with van der Waals surface area (Å²) in [7, 11) is 0. The summed E-state index contributed by atoms with van der Waals surface area (Å²) in [4.78, 5) is 12.4. The Morgan fingerprint density at radius 1 is 1.12 bits per heavy atom. The van der Waals surface area contributed by atoms with E-state index in [4.69, 9.17) is 23.2 Å². The van der Waals surface area contributed by atoms with Gasteiger partial charge in [-0.05, 0) is 42.3 Å². The van der Waals surface area contributed by atoms with Gasteiger partial charge in [0.25, 0.3) is 0 Å². The number of hydrogen-bond donors (Lipinski definition) is 1. The largest absolute Gasteiger partial charge is 0.421 e. The Balaban J connectivity index is 2.47. The van der Waals surface area contributed by atoms with E-state index < -0.39 is 29.5 Å². The number of hydrogen-bond acceptors (Lipinski definition) is 2. The predicted octanol–water partition coefficient (Wildman–Crippen LogP) is 6.09. The van der Waals surface area contributed by atoms with Gasteiger partial charge in [0.2, 0.25) is 0 Å². The van der Waals surface area contributed by atoms with Crippen LogP contribution in [0.5, 0.6) is 0 Å². The van der Waals surface area contributed by atoms with Crippen LogP contribution >= 0.6 is 39.1 Å². The molecule has 0 aromatic heterocycles. The van der Waals surface area contributed by atoms with Crippen molar-refractivity contribution in [2.24, 2.45) is 0 Å². The lowest BCUT2D eigenvalue weighted by molar-refractivity contribution is -0.264. The number of carbonyl (C=O) groups excluding carboxylic acids is 1. The van der Waals surface area contributed by atoms with Gasteiger partial charge in [0.15, 0.2) is 11.4 Å². The molecule has 0 amide bonds. The Hall–Kier alpha value is -1.08. The lowest BCUT2D eigenvalue weighted by Gasteiger charge is -2.30. The topological polar surface area (TPSA) is 37.3 Å². The van der Waals surface area contributed by atoms with Crippen molar-refractivity contribution in [1.29, 1.82) is 0 Å². The van der Waals surface area contributed by atoms with Gasteiger partial charge in [-0.2, -0.15) is 13.2 Å². The maximum atomic E-state index is 13.6. The molecule has 1 atom stereocenters. The molecule has 25 heavy (non-hydrogen) atoms. The van der Waals surface area contributed by atoms with Crippen LogP contribution < -0.4 is 0 Å². The fourth-order valence-corrected chi connectivity index (χ4v) is 3.16. The number of Topliss-reactive ketones (excluding diaryl/α,β-unsaturated/α-hetero) is 1. The number of carbonyl (C=O) groups is 1. The maximum absolute atomic E-state index is 13.6. The van der Waals surface area contributed by atoms with Crippen LogP contribution in [-0.2, 0) is 5.60 Å². The van der Waals surface area contributed by atoms with Crippen LogP contribution in [0.3, 0.4) is 0 Å². The summed E-state index contributed by atoms with van der Waals surface area (Å²) < 4.78 is 41.3. The van der Waals surface area contributed by atoms with Crippen molar-refractivity contribution in [3.05, 3.63) is 67.6 Å². The molecular weight excluding hydrogens is 444 g/mol. The van der Waals surface area contributed by atoms with Gasteiger partial charge >= 0.3 is 6.18 Å². The third-order valence-electron chi connectivity index (χ3n) is 3.72. The Morgan fingerprint density at radius 2 is 1.68 bits per heavy atom. The van der Waals surface area contributed by atoms with Crippen molar-refractivity contribution in [1.82, 2.24) is 0 Å². The van der Waals surface area contributed by atoms with Crippen molar-refractivity contribution in [3.8, 4) is 0 Å². The smallest absolute Gasteiger partial charge is 0.376 e. The minimum absolute atomic E-state index is 0.0493. The summed E-state index contributed by atoms with van der Waals surface area (Å²) >= 11 is 14.7. The Morgan fingerprint density at radius 3 is 2.16 bits per heavy atom. The van der Waals surface area contributed by atoms with Crippen LogP contribution in [0.1, 0.15) is 27.9 Å². The van der Waals surface area contributed by atoms with Crippen LogP contribution in [0.15, 0.2) is 40.9 Å². The number of ketones is 1. The molecule has 1 N–H and O–H groups in total. The van der Waals surface area contributed by atoms with Crippen molar-refractivity contribution in [3.63, 3.8) is 0 Å². The van der Waals surface area contributed by atoms with Crippen LogP contribution in [0.2, 0.25) is 10.0 Å². The van der Waals surface area contributed by atoms with Crippen molar-refractivity contribution in [2.45, 2.75) is 25.1 Å². The highest BCUT2D eigenvalue weighted by Gasteiger charge is 2.56. The summed E-state index contributed by atoms with van der Waals surface area (Å²) in [6.07, 6.45) is -6.29. The van der Waals surface area contributed by atoms with Gasteiger partial charge in [-0.3, -0.25) is 4.79 Å². The molecule has 0 heterocycles. The molecule has 2 nitrogen and oxygen atoms in total. The zero-order valence-corrected chi connectivity index (χ0v) is 15.9. The number of aryl methyl sites for hydroxylation is 1. The van der Waals surface area contributed by atoms with Crippen LogP contribution in [-0.4, -0.2) is 17.1 Å². The van der Waals surface area contributed by atoms with E-state index >= 15 is 0 Å². The highest BCUT2D eigenvalue weighted by molar-refractivity contribution is 9.10. The zero-order chi connectivity index (χ0) is 19.0. The van der Waals surface area contributed by atoms with E-state index in [1.54, 1.807) is 13.0 Å². The lowest BCUT2D eigenvalue weighted by atomic mass is 9.86. The highest BCUT2D eigenvalue weighted by Crippen LogP contribution is 2.43. The van der Waals surface area contributed by atoms with Gasteiger partial charge in [-0.1, -0.05) is 51.3 Å². The first-order chi connectivity index (χ1) is 11.4. The van der Waals surface area contributed by atoms with E-state index in [1.807, 2.05) is 0 Å². The van der Waals surface area contributed by atoms with Crippen molar-refractivity contribution < 1.29 is 23.1 Å². The number of aliphatic hydroxyl groups is 1. The van der Waals surface area contributed by atoms with Gasteiger partial charge < -0.3 is 5.11 Å². The Bertz CT molecular complexity index is 804. The van der Waals surface area contributed by atoms with Crippen LogP contribution in [0.25, 0.3) is 0 Å². The molecule has 0 radical (unpaired) electrons. The summed E-state index contributed by atoms with van der Waals surface area (Å²) in [5.41, 5.74) is -3.12. The summed E-state index contributed by atoms with van der Waals surface area (Å²) in [5.74, 6) is -0.864. The summed E-state index contributed by atoms with van der Waals surface area (Å²) in [5, 5.41) is 10.2. The highest BCUT2D eigenvalue weighted by atomic mass is 79.9. The number of alkyl halides is 3. The fraction of sp³-hybridized carbons (Fsp3) is 0.235. The van der Waals surface area contributed by atoms with E-state index in [0.717, 1.165) is 17.7 Å². The lowest BCUT2D eigenvalue weighted by Crippen LogP contribution is -2.44. The van der Waals surface area contributed by atoms with E-state index in [-0.39, 0.29) is 15.6 Å². The van der Waals surface area contributed by atoms with E-state index in [9.17, 15) is 23.1 Å². The molecule has 8 heteroatoms. The first kappa shape index (κ1) is 20.2. The summed E-state index contributed by atoms with van der Waals surface area (Å²) in [6.45, 7) is 1.78. The molecule has 2 aromatic rings. The Kier molecular flexibility index (Phi) is 5.88. The maximum Gasteiger partial charge on any atom is 0.421 e. The molecule has 2 rings (SSSR count). The molecular formula is C17H12BrCl2F3O2. The third kappa shape index (κ3) is 4.37. The minimum atomic E-state index is -5.10.